The molecule has 0 aliphatic rings. The smallest absolute Gasteiger partial charge is 0.143 e. The van der Waals surface area contributed by atoms with Crippen LogP contribution in [0.15, 0.2) is 168 Å². The van der Waals surface area contributed by atoms with Gasteiger partial charge >= 0.3 is 0 Å². The number of fused-ring (bicyclic) bond motifs is 9. The standard InChI is InChI=1S/C48H27NO/c1-2-10-31-26-41-39(25-30(31)9-1)36-22-19-28-11-7-12-29-20-23-38(46(36)45(28)29)47(41)49-42-17-5-3-13-34(42)40-27-32(21-24-43(40)49)33-15-8-16-37-35-14-4-6-18-44(35)50-48(33)37/h1-27H. The van der Waals surface area contributed by atoms with Crippen LogP contribution in [0.25, 0.3) is 114 Å². The maximum absolute atomic E-state index is 6.49. The summed E-state index contributed by atoms with van der Waals surface area (Å²) in [5.41, 5.74) is 7.73. The van der Waals surface area contributed by atoms with Crippen molar-refractivity contribution in [1.82, 2.24) is 4.57 Å². The van der Waals surface area contributed by atoms with Crippen molar-refractivity contribution in [3.63, 3.8) is 0 Å². The second-order valence-electron chi connectivity index (χ2n) is 13.6. The number of para-hydroxylation sites is 3. The normalized spacial score (nSPS) is 12.4. The molecule has 0 bridgehead atoms. The van der Waals surface area contributed by atoms with Crippen molar-refractivity contribution < 1.29 is 4.42 Å². The Morgan fingerprint density at radius 1 is 0.360 bits per heavy atom. The third-order valence-electron chi connectivity index (χ3n) is 11.1. The maximum Gasteiger partial charge on any atom is 0.143 e. The third-order valence-corrected chi connectivity index (χ3v) is 11.1. The Morgan fingerprint density at radius 3 is 1.88 bits per heavy atom. The van der Waals surface area contributed by atoms with Crippen molar-refractivity contribution in [3.8, 4) is 16.8 Å². The summed E-state index contributed by atoms with van der Waals surface area (Å²) in [4.78, 5) is 0. The summed E-state index contributed by atoms with van der Waals surface area (Å²) in [6, 6.07) is 60.2. The number of nitrogens with zero attached hydrogens (tertiary/aromatic N) is 1. The molecule has 0 saturated carbocycles. The van der Waals surface area contributed by atoms with Gasteiger partial charge in [0.05, 0.1) is 16.7 Å². The van der Waals surface area contributed by atoms with Crippen LogP contribution in [0.4, 0.5) is 0 Å². The van der Waals surface area contributed by atoms with Gasteiger partial charge in [-0.1, -0.05) is 127 Å². The van der Waals surface area contributed by atoms with Crippen LogP contribution in [0.5, 0.6) is 0 Å². The van der Waals surface area contributed by atoms with Gasteiger partial charge in [0.15, 0.2) is 0 Å². The fraction of sp³-hybridized carbons (Fsp3) is 0. The van der Waals surface area contributed by atoms with Crippen molar-refractivity contribution in [1.29, 1.82) is 0 Å². The Morgan fingerprint density at radius 2 is 1.02 bits per heavy atom. The van der Waals surface area contributed by atoms with Gasteiger partial charge in [0.2, 0.25) is 0 Å². The molecule has 10 aromatic carbocycles. The number of furan rings is 1. The van der Waals surface area contributed by atoms with Gasteiger partial charge in [-0.3, -0.25) is 0 Å². The van der Waals surface area contributed by atoms with Gasteiger partial charge in [-0.25, -0.2) is 0 Å². The lowest BCUT2D eigenvalue weighted by Crippen LogP contribution is -1.99. The van der Waals surface area contributed by atoms with Crippen LogP contribution in [0.1, 0.15) is 0 Å². The molecule has 0 N–H and O–H groups in total. The highest BCUT2D eigenvalue weighted by Gasteiger charge is 2.22. The molecule has 2 heteroatoms. The van der Waals surface area contributed by atoms with Crippen LogP contribution in [0.2, 0.25) is 0 Å². The molecule has 50 heavy (non-hydrogen) atoms. The monoisotopic (exact) mass is 633 g/mol. The number of benzene rings is 10. The SMILES string of the molecule is c1ccc2cc3c(cc2c1)c(-n1c2ccccc2c2cc(-c4cccc5c4oc4ccccc45)ccc21)c1ccc2cccc4ccc3c1c24. The molecule has 0 unspecified atom stereocenters. The van der Waals surface area contributed by atoms with Gasteiger partial charge in [-0.2, -0.15) is 0 Å². The van der Waals surface area contributed by atoms with E-state index in [1.54, 1.807) is 0 Å². The molecule has 0 spiro atoms. The molecule has 0 amide bonds. The van der Waals surface area contributed by atoms with Gasteiger partial charge in [-0.05, 0) is 79.7 Å². The van der Waals surface area contributed by atoms with E-state index >= 15 is 0 Å². The zero-order chi connectivity index (χ0) is 32.5. The molecule has 12 rings (SSSR count). The number of hydrogen-bond donors (Lipinski definition) is 0. The van der Waals surface area contributed by atoms with Crippen molar-refractivity contribution in [2.24, 2.45) is 0 Å². The van der Waals surface area contributed by atoms with E-state index in [-0.39, 0.29) is 0 Å². The molecule has 0 aliphatic carbocycles. The quantitative estimate of drug-likeness (QED) is 0.137. The van der Waals surface area contributed by atoms with Crippen molar-refractivity contribution in [3.05, 3.63) is 164 Å². The van der Waals surface area contributed by atoms with Crippen LogP contribution in [-0.2, 0) is 0 Å². The summed E-state index contributed by atoms with van der Waals surface area (Å²) in [6.45, 7) is 0. The van der Waals surface area contributed by atoms with Crippen LogP contribution in [0, 0.1) is 0 Å². The summed E-state index contributed by atoms with van der Waals surface area (Å²) >= 11 is 0. The number of rotatable bonds is 2. The molecular weight excluding hydrogens is 607 g/mol. The zero-order valence-electron chi connectivity index (χ0n) is 26.9. The van der Waals surface area contributed by atoms with Gasteiger partial charge in [0, 0.05) is 43.3 Å². The fourth-order valence-corrected chi connectivity index (χ4v) is 8.91. The van der Waals surface area contributed by atoms with E-state index in [1.807, 2.05) is 6.07 Å². The van der Waals surface area contributed by atoms with E-state index in [0.29, 0.717) is 0 Å². The second-order valence-corrected chi connectivity index (χ2v) is 13.6. The van der Waals surface area contributed by atoms with Crippen molar-refractivity contribution >= 4 is 97.6 Å². The van der Waals surface area contributed by atoms with Crippen molar-refractivity contribution in [2.45, 2.75) is 0 Å². The Labute approximate surface area is 286 Å². The Balaban J connectivity index is 1.24. The first kappa shape index (κ1) is 26.3. The molecule has 0 fully saturated rings. The second kappa shape index (κ2) is 9.49. The van der Waals surface area contributed by atoms with E-state index in [4.69, 9.17) is 4.42 Å². The minimum absolute atomic E-state index is 0.918. The average Bonchev–Trinajstić information content (AvgIpc) is 3.71. The lowest BCUT2D eigenvalue weighted by molar-refractivity contribution is 0.670. The minimum atomic E-state index is 0.918. The topological polar surface area (TPSA) is 18.1 Å². The highest BCUT2D eigenvalue weighted by molar-refractivity contribution is 6.33. The Kier molecular flexibility index (Phi) is 5.00. The average molecular weight is 634 g/mol. The molecule has 0 atom stereocenters. The maximum atomic E-state index is 6.49. The highest BCUT2D eigenvalue weighted by Crippen LogP contribution is 2.46. The summed E-state index contributed by atoms with van der Waals surface area (Å²) in [5.74, 6) is 0. The summed E-state index contributed by atoms with van der Waals surface area (Å²) in [5, 5.41) is 17.6. The molecule has 2 aromatic heterocycles. The van der Waals surface area contributed by atoms with Gasteiger partial charge in [0.25, 0.3) is 0 Å². The minimum Gasteiger partial charge on any atom is -0.455 e. The molecule has 0 radical (unpaired) electrons. The number of aromatic nitrogens is 1. The van der Waals surface area contributed by atoms with Crippen LogP contribution >= 0.6 is 0 Å². The van der Waals surface area contributed by atoms with E-state index in [1.165, 1.54) is 81.4 Å². The molecular formula is C48H27NO. The summed E-state index contributed by atoms with van der Waals surface area (Å²) < 4.78 is 9.02. The first-order chi connectivity index (χ1) is 24.8. The molecule has 2 heterocycles. The van der Waals surface area contributed by atoms with Crippen LogP contribution in [0.3, 0.4) is 0 Å². The first-order valence-electron chi connectivity index (χ1n) is 17.3. The van der Waals surface area contributed by atoms with E-state index in [0.717, 1.165) is 33.1 Å². The lowest BCUT2D eigenvalue weighted by atomic mass is 9.88. The summed E-state index contributed by atoms with van der Waals surface area (Å²) in [7, 11) is 0. The van der Waals surface area contributed by atoms with E-state index in [2.05, 4.69) is 162 Å². The Hall–Kier alpha value is -6.64. The molecule has 12 aromatic rings. The van der Waals surface area contributed by atoms with Gasteiger partial charge in [-0.15, -0.1) is 0 Å². The Bertz CT molecular complexity index is 3360. The van der Waals surface area contributed by atoms with Gasteiger partial charge in [0.1, 0.15) is 11.2 Å². The largest absolute Gasteiger partial charge is 0.455 e. The highest BCUT2D eigenvalue weighted by atomic mass is 16.3. The van der Waals surface area contributed by atoms with E-state index < -0.39 is 0 Å². The van der Waals surface area contributed by atoms with Crippen LogP contribution in [-0.4, -0.2) is 4.57 Å². The van der Waals surface area contributed by atoms with E-state index in [9.17, 15) is 0 Å². The molecule has 2 nitrogen and oxygen atoms in total. The third kappa shape index (κ3) is 3.37. The molecule has 0 saturated heterocycles. The van der Waals surface area contributed by atoms with Crippen LogP contribution < -0.4 is 0 Å². The van der Waals surface area contributed by atoms with Gasteiger partial charge < -0.3 is 8.98 Å². The molecule has 0 aliphatic heterocycles. The molecule has 230 valence electrons. The predicted octanol–water partition coefficient (Wildman–Crippen LogP) is 13.6. The lowest BCUT2D eigenvalue weighted by Gasteiger charge is -2.20. The summed E-state index contributed by atoms with van der Waals surface area (Å²) in [6.07, 6.45) is 0. The number of hydrogen-bond acceptors (Lipinski definition) is 1. The predicted molar refractivity (Wildman–Crippen MR) is 212 cm³/mol. The van der Waals surface area contributed by atoms with Crippen molar-refractivity contribution in [2.75, 3.05) is 0 Å². The fourth-order valence-electron chi connectivity index (χ4n) is 8.91. The zero-order valence-corrected chi connectivity index (χ0v) is 26.9. The first-order valence-corrected chi connectivity index (χ1v) is 17.3.